The van der Waals surface area contributed by atoms with Gasteiger partial charge in [-0.2, -0.15) is 5.10 Å². The van der Waals surface area contributed by atoms with E-state index in [2.05, 4.69) is 23.8 Å². The summed E-state index contributed by atoms with van der Waals surface area (Å²) >= 11 is 0. The molecule has 5 nitrogen and oxygen atoms in total. The summed E-state index contributed by atoms with van der Waals surface area (Å²) < 4.78 is 1.85. The molecule has 3 rings (SSSR count). The van der Waals surface area contributed by atoms with Gasteiger partial charge in [0, 0.05) is 31.9 Å². The number of hydrogen-bond acceptors (Lipinski definition) is 3. The third-order valence-electron chi connectivity index (χ3n) is 5.46. The molecule has 2 fully saturated rings. The van der Waals surface area contributed by atoms with Gasteiger partial charge in [0.25, 0.3) is 5.91 Å². The number of fused-ring (bicyclic) bond motifs is 1. The Morgan fingerprint density at radius 2 is 2.09 bits per heavy atom. The zero-order valence-electron chi connectivity index (χ0n) is 14.7. The van der Waals surface area contributed by atoms with Crippen LogP contribution in [-0.4, -0.2) is 58.2 Å². The maximum atomic E-state index is 12.7. The summed E-state index contributed by atoms with van der Waals surface area (Å²) in [5.41, 5.74) is 0.706. The highest BCUT2D eigenvalue weighted by Crippen LogP contribution is 2.31. The van der Waals surface area contributed by atoms with E-state index in [4.69, 9.17) is 0 Å². The lowest BCUT2D eigenvalue weighted by atomic mass is 9.83. The molecule has 0 radical (unpaired) electrons. The summed E-state index contributed by atoms with van der Waals surface area (Å²) in [4.78, 5) is 17.2. The molecular weight excluding hydrogens is 288 g/mol. The number of piperidine rings is 2. The third-order valence-corrected chi connectivity index (χ3v) is 5.46. The smallest absolute Gasteiger partial charge is 0.256 e. The van der Waals surface area contributed by atoms with Crippen molar-refractivity contribution in [1.29, 1.82) is 0 Å². The first kappa shape index (κ1) is 16.5. The maximum Gasteiger partial charge on any atom is 0.256 e. The van der Waals surface area contributed by atoms with E-state index in [1.165, 1.54) is 45.2 Å². The Morgan fingerprint density at radius 1 is 1.30 bits per heavy atom. The monoisotopic (exact) mass is 318 g/mol. The molecule has 2 saturated heterocycles. The zero-order valence-corrected chi connectivity index (χ0v) is 14.7. The quantitative estimate of drug-likeness (QED) is 0.857. The minimum Gasteiger partial charge on any atom is -0.341 e. The highest BCUT2D eigenvalue weighted by Gasteiger charge is 2.34. The second-order valence-electron chi connectivity index (χ2n) is 7.49. The molecule has 3 heterocycles. The molecule has 0 saturated carbocycles. The maximum absolute atomic E-state index is 12.7. The molecule has 0 aromatic carbocycles. The van der Waals surface area contributed by atoms with Crippen LogP contribution >= 0.6 is 0 Å². The van der Waals surface area contributed by atoms with Crippen molar-refractivity contribution in [1.82, 2.24) is 19.6 Å². The Labute approximate surface area is 139 Å². The summed E-state index contributed by atoms with van der Waals surface area (Å²) in [6, 6.07) is 0.974. The summed E-state index contributed by atoms with van der Waals surface area (Å²) in [6.45, 7) is 7.52. The Morgan fingerprint density at radius 3 is 2.83 bits per heavy atom. The van der Waals surface area contributed by atoms with Crippen LogP contribution in [0.5, 0.6) is 0 Å². The van der Waals surface area contributed by atoms with Crippen LogP contribution in [0.3, 0.4) is 0 Å². The van der Waals surface area contributed by atoms with Gasteiger partial charge in [-0.25, -0.2) is 0 Å². The fourth-order valence-electron chi connectivity index (χ4n) is 4.18. The predicted molar refractivity (Wildman–Crippen MR) is 91.5 cm³/mol. The number of amides is 1. The second-order valence-corrected chi connectivity index (χ2v) is 7.49. The lowest BCUT2D eigenvalue weighted by Crippen LogP contribution is -2.51. The molecule has 2 aliphatic heterocycles. The van der Waals surface area contributed by atoms with E-state index in [9.17, 15) is 4.79 Å². The number of aromatic nitrogens is 2. The van der Waals surface area contributed by atoms with Crippen LogP contribution in [0.2, 0.25) is 0 Å². The van der Waals surface area contributed by atoms with Crippen molar-refractivity contribution in [3.8, 4) is 0 Å². The fourth-order valence-corrected chi connectivity index (χ4v) is 4.18. The molecule has 0 bridgehead atoms. The van der Waals surface area contributed by atoms with Crippen LogP contribution in [0.4, 0.5) is 0 Å². The van der Waals surface area contributed by atoms with E-state index in [1.807, 2.05) is 22.8 Å². The number of carbonyl (C=O) groups excluding carboxylic acids is 1. The lowest BCUT2D eigenvalue weighted by Gasteiger charge is -2.45. The van der Waals surface area contributed by atoms with Gasteiger partial charge < -0.3 is 9.80 Å². The Kier molecular flexibility index (Phi) is 5.05. The van der Waals surface area contributed by atoms with Crippen molar-refractivity contribution < 1.29 is 4.79 Å². The molecule has 2 atom stereocenters. The molecule has 1 aromatic heterocycles. The molecule has 1 aromatic rings. The van der Waals surface area contributed by atoms with Crippen LogP contribution in [0, 0.1) is 5.92 Å². The van der Waals surface area contributed by atoms with E-state index in [1.54, 1.807) is 6.20 Å². The Hall–Kier alpha value is -1.36. The van der Waals surface area contributed by atoms with Crippen molar-refractivity contribution in [2.75, 3.05) is 26.7 Å². The first-order valence-corrected chi connectivity index (χ1v) is 9.10. The first-order valence-electron chi connectivity index (χ1n) is 9.10. The van der Waals surface area contributed by atoms with Crippen LogP contribution in [-0.2, 0) is 0 Å². The number of nitrogens with zero attached hydrogens (tertiary/aromatic N) is 4. The van der Waals surface area contributed by atoms with Crippen molar-refractivity contribution >= 4 is 5.91 Å². The highest BCUT2D eigenvalue weighted by atomic mass is 16.2. The number of carbonyl (C=O) groups is 1. The summed E-state index contributed by atoms with van der Waals surface area (Å²) in [7, 11) is 1.94. The van der Waals surface area contributed by atoms with Crippen LogP contribution in [0.15, 0.2) is 12.4 Å². The molecular formula is C18H30N4O. The van der Waals surface area contributed by atoms with Crippen molar-refractivity contribution in [2.24, 2.45) is 5.92 Å². The van der Waals surface area contributed by atoms with Crippen molar-refractivity contribution in [2.45, 2.75) is 58.0 Å². The van der Waals surface area contributed by atoms with E-state index >= 15 is 0 Å². The van der Waals surface area contributed by atoms with Gasteiger partial charge in [-0.3, -0.25) is 9.48 Å². The zero-order chi connectivity index (χ0) is 16.4. The SMILES string of the molecule is CC(C)n1cc(C(=O)N(C)CC2CCCN3CCCCC23)cn1. The van der Waals surface area contributed by atoms with Gasteiger partial charge in [0.15, 0.2) is 0 Å². The van der Waals surface area contributed by atoms with E-state index in [0.717, 1.165) is 6.54 Å². The largest absolute Gasteiger partial charge is 0.341 e. The highest BCUT2D eigenvalue weighted by molar-refractivity contribution is 5.93. The summed E-state index contributed by atoms with van der Waals surface area (Å²) in [6.07, 6.45) is 10.1. The van der Waals surface area contributed by atoms with Crippen LogP contribution in [0.25, 0.3) is 0 Å². The van der Waals surface area contributed by atoms with Gasteiger partial charge in [-0.15, -0.1) is 0 Å². The number of rotatable bonds is 4. The molecule has 0 N–H and O–H groups in total. The van der Waals surface area contributed by atoms with Crippen LogP contribution < -0.4 is 0 Å². The summed E-state index contributed by atoms with van der Waals surface area (Å²) in [5, 5.41) is 4.29. The number of hydrogen-bond donors (Lipinski definition) is 0. The molecule has 2 unspecified atom stereocenters. The Balaban J connectivity index is 1.63. The van der Waals surface area contributed by atoms with Gasteiger partial charge >= 0.3 is 0 Å². The molecule has 1 amide bonds. The van der Waals surface area contributed by atoms with Crippen LogP contribution in [0.1, 0.15) is 62.4 Å². The van der Waals surface area contributed by atoms with E-state index in [0.29, 0.717) is 17.5 Å². The molecule has 23 heavy (non-hydrogen) atoms. The predicted octanol–water partition coefficient (Wildman–Crippen LogP) is 2.80. The van der Waals surface area contributed by atoms with Gasteiger partial charge in [-0.1, -0.05) is 6.42 Å². The molecule has 128 valence electrons. The van der Waals surface area contributed by atoms with E-state index < -0.39 is 0 Å². The third kappa shape index (κ3) is 3.60. The van der Waals surface area contributed by atoms with Gasteiger partial charge in [0.2, 0.25) is 0 Å². The first-order chi connectivity index (χ1) is 11.1. The van der Waals surface area contributed by atoms with Gasteiger partial charge in [0.1, 0.15) is 0 Å². The van der Waals surface area contributed by atoms with Crippen molar-refractivity contribution in [3.63, 3.8) is 0 Å². The van der Waals surface area contributed by atoms with Gasteiger partial charge in [-0.05, 0) is 58.5 Å². The van der Waals surface area contributed by atoms with E-state index in [-0.39, 0.29) is 11.9 Å². The minimum atomic E-state index is 0.102. The molecule has 5 heteroatoms. The average Bonchev–Trinajstić information content (AvgIpc) is 3.04. The summed E-state index contributed by atoms with van der Waals surface area (Å²) in [5.74, 6) is 0.725. The standard InChI is InChI=1S/C18H30N4O/c1-14(2)22-13-16(11-19-22)18(23)20(3)12-15-7-6-10-21-9-5-4-8-17(15)21/h11,13-15,17H,4-10,12H2,1-3H3. The Bertz CT molecular complexity index is 537. The fraction of sp³-hybridized carbons (Fsp3) is 0.778. The lowest BCUT2D eigenvalue weighted by molar-refractivity contribution is 0.0403. The molecule has 2 aliphatic rings. The second kappa shape index (κ2) is 7.04. The molecule has 0 aliphatic carbocycles. The molecule has 0 spiro atoms. The topological polar surface area (TPSA) is 41.4 Å². The van der Waals surface area contributed by atoms with Gasteiger partial charge in [0.05, 0.1) is 11.8 Å². The van der Waals surface area contributed by atoms with Crippen molar-refractivity contribution in [3.05, 3.63) is 18.0 Å². The minimum absolute atomic E-state index is 0.102. The average molecular weight is 318 g/mol. The normalized spacial score (nSPS) is 25.4.